The maximum atomic E-state index is 11.6. The Labute approximate surface area is 98.6 Å². The number of hydrogen-bond donors (Lipinski definition) is 1. The summed E-state index contributed by atoms with van der Waals surface area (Å²) in [5.74, 6) is 1.33. The molecule has 2 aromatic heterocycles. The quantitative estimate of drug-likeness (QED) is 0.853. The first kappa shape index (κ1) is 11.4. The minimum Gasteiger partial charge on any atom is -0.361 e. The van der Waals surface area contributed by atoms with Crippen LogP contribution in [-0.2, 0) is 6.54 Å². The van der Waals surface area contributed by atoms with Crippen LogP contribution in [-0.4, -0.2) is 27.2 Å². The van der Waals surface area contributed by atoms with Crippen LogP contribution in [0, 0.1) is 13.8 Å². The van der Waals surface area contributed by atoms with E-state index in [-0.39, 0.29) is 5.91 Å². The molecule has 6 heteroatoms. The smallest absolute Gasteiger partial charge is 0.273 e. The maximum absolute atomic E-state index is 11.6. The van der Waals surface area contributed by atoms with Crippen LogP contribution in [0.15, 0.2) is 23.0 Å². The number of hydrogen-bond acceptors (Lipinski definition) is 4. The van der Waals surface area contributed by atoms with Crippen LogP contribution in [0.5, 0.6) is 0 Å². The lowest BCUT2D eigenvalue weighted by Crippen LogP contribution is -2.27. The van der Waals surface area contributed by atoms with E-state index in [1.807, 2.05) is 17.7 Å². The van der Waals surface area contributed by atoms with E-state index < -0.39 is 0 Å². The highest BCUT2D eigenvalue weighted by Gasteiger charge is 2.09. The normalized spacial score (nSPS) is 10.5. The molecule has 0 saturated carbocycles. The first-order chi connectivity index (χ1) is 8.16. The number of carbonyl (C=O) groups excluding carboxylic acids is 1. The molecule has 0 aromatic carbocycles. The van der Waals surface area contributed by atoms with E-state index in [2.05, 4.69) is 15.5 Å². The van der Waals surface area contributed by atoms with Crippen molar-refractivity contribution in [3.63, 3.8) is 0 Å². The summed E-state index contributed by atoms with van der Waals surface area (Å²) in [5, 5.41) is 6.41. The average Bonchev–Trinajstić information content (AvgIpc) is 2.88. The Balaban J connectivity index is 1.83. The minimum absolute atomic E-state index is 0.223. The number of nitrogens with one attached hydrogen (secondary N) is 1. The van der Waals surface area contributed by atoms with E-state index in [0.29, 0.717) is 24.5 Å². The topological polar surface area (TPSA) is 73.0 Å². The second kappa shape index (κ2) is 4.82. The van der Waals surface area contributed by atoms with Crippen LogP contribution < -0.4 is 5.32 Å². The van der Waals surface area contributed by atoms with Crippen molar-refractivity contribution in [3.8, 4) is 0 Å². The largest absolute Gasteiger partial charge is 0.361 e. The van der Waals surface area contributed by atoms with Crippen molar-refractivity contribution in [3.05, 3.63) is 35.7 Å². The fourth-order valence-corrected chi connectivity index (χ4v) is 1.49. The van der Waals surface area contributed by atoms with Gasteiger partial charge < -0.3 is 14.4 Å². The predicted molar refractivity (Wildman–Crippen MR) is 60.5 cm³/mol. The molecule has 0 radical (unpaired) electrons. The molecule has 2 aromatic rings. The van der Waals surface area contributed by atoms with Gasteiger partial charge in [0, 0.05) is 31.5 Å². The fraction of sp³-hybridized carbons (Fsp3) is 0.364. The Morgan fingerprint density at radius 3 is 2.94 bits per heavy atom. The van der Waals surface area contributed by atoms with E-state index in [9.17, 15) is 4.79 Å². The van der Waals surface area contributed by atoms with E-state index in [0.717, 1.165) is 5.82 Å². The molecular weight excluding hydrogens is 220 g/mol. The molecule has 90 valence electrons. The summed E-state index contributed by atoms with van der Waals surface area (Å²) in [6, 6.07) is 1.61. The molecule has 0 aliphatic rings. The van der Waals surface area contributed by atoms with Crippen molar-refractivity contribution in [1.82, 2.24) is 20.0 Å². The van der Waals surface area contributed by atoms with E-state index in [4.69, 9.17) is 4.52 Å². The molecule has 0 aliphatic carbocycles. The molecular formula is C11H14N4O2. The van der Waals surface area contributed by atoms with Gasteiger partial charge in [-0.25, -0.2) is 4.98 Å². The summed E-state index contributed by atoms with van der Waals surface area (Å²) in [6.45, 7) is 4.89. The lowest BCUT2D eigenvalue weighted by atomic mass is 10.3. The number of imidazole rings is 1. The van der Waals surface area contributed by atoms with Gasteiger partial charge in [-0.05, 0) is 13.8 Å². The van der Waals surface area contributed by atoms with Gasteiger partial charge in [0.15, 0.2) is 5.69 Å². The number of amides is 1. The summed E-state index contributed by atoms with van der Waals surface area (Å²) in [5.41, 5.74) is 0.310. The Bertz CT molecular complexity index is 515. The molecule has 6 nitrogen and oxygen atoms in total. The molecule has 0 bridgehead atoms. The molecule has 0 aliphatic heterocycles. The SMILES string of the molecule is Cc1cc(C(=O)NCCn2ccnc2C)no1. The summed E-state index contributed by atoms with van der Waals surface area (Å²) >= 11 is 0. The van der Waals surface area contributed by atoms with Gasteiger partial charge in [-0.15, -0.1) is 0 Å². The van der Waals surface area contributed by atoms with Crippen molar-refractivity contribution in [2.75, 3.05) is 6.54 Å². The Morgan fingerprint density at radius 2 is 2.35 bits per heavy atom. The van der Waals surface area contributed by atoms with Gasteiger partial charge in [-0.1, -0.05) is 5.16 Å². The van der Waals surface area contributed by atoms with Crippen molar-refractivity contribution in [1.29, 1.82) is 0 Å². The van der Waals surface area contributed by atoms with Crippen LogP contribution >= 0.6 is 0 Å². The van der Waals surface area contributed by atoms with Gasteiger partial charge in [-0.3, -0.25) is 4.79 Å². The van der Waals surface area contributed by atoms with Crippen LogP contribution in [0.25, 0.3) is 0 Å². The molecule has 0 unspecified atom stereocenters. The third kappa shape index (κ3) is 2.72. The third-order valence-electron chi connectivity index (χ3n) is 2.42. The number of aromatic nitrogens is 3. The lowest BCUT2D eigenvalue weighted by molar-refractivity contribution is 0.0943. The van der Waals surface area contributed by atoms with E-state index in [1.54, 1.807) is 19.2 Å². The van der Waals surface area contributed by atoms with Crippen LogP contribution in [0.2, 0.25) is 0 Å². The first-order valence-corrected chi connectivity index (χ1v) is 5.36. The predicted octanol–water partition coefficient (Wildman–Crippen LogP) is 0.918. The fourth-order valence-electron chi connectivity index (χ4n) is 1.49. The van der Waals surface area contributed by atoms with Gasteiger partial charge in [-0.2, -0.15) is 0 Å². The molecule has 0 spiro atoms. The molecule has 2 rings (SSSR count). The van der Waals surface area contributed by atoms with Gasteiger partial charge in [0.25, 0.3) is 5.91 Å². The second-order valence-corrected chi connectivity index (χ2v) is 3.75. The first-order valence-electron chi connectivity index (χ1n) is 5.36. The highest BCUT2D eigenvalue weighted by molar-refractivity contribution is 5.92. The van der Waals surface area contributed by atoms with E-state index in [1.165, 1.54) is 0 Å². The zero-order chi connectivity index (χ0) is 12.3. The number of nitrogens with zero attached hydrogens (tertiary/aromatic N) is 3. The van der Waals surface area contributed by atoms with Crippen molar-refractivity contribution in [2.24, 2.45) is 0 Å². The van der Waals surface area contributed by atoms with Gasteiger partial charge in [0.05, 0.1) is 0 Å². The number of aryl methyl sites for hydroxylation is 2. The van der Waals surface area contributed by atoms with Crippen LogP contribution in [0.1, 0.15) is 22.1 Å². The monoisotopic (exact) mass is 234 g/mol. The van der Waals surface area contributed by atoms with Crippen LogP contribution in [0.4, 0.5) is 0 Å². The minimum atomic E-state index is -0.223. The molecule has 17 heavy (non-hydrogen) atoms. The Kier molecular flexibility index (Phi) is 3.22. The van der Waals surface area contributed by atoms with Gasteiger partial charge >= 0.3 is 0 Å². The standard InChI is InChI=1S/C11H14N4O2/c1-8-7-10(14-17-8)11(16)13-4-6-15-5-3-12-9(15)2/h3,5,7H,4,6H2,1-2H3,(H,13,16). The molecule has 1 N–H and O–H groups in total. The molecule has 2 heterocycles. The third-order valence-corrected chi connectivity index (χ3v) is 2.42. The van der Waals surface area contributed by atoms with Gasteiger partial charge in [0.2, 0.25) is 0 Å². The van der Waals surface area contributed by atoms with Crippen molar-refractivity contribution >= 4 is 5.91 Å². The molecule has 0 saturated heterocycles. The molecule has 1 amide bonds. The number of carbonyl (C=O) groups is 1. The summed E-state index contributed by atoms with van der Waals surface area (Å²) in [4.78, 5) is 15.7. The summed E-state index contributed by atoms with van der Waals surface area (Å²) in [6.07, 6.45) is 3.61. The highest BCUT2D eigenvalue weighted by Crippen LogP contribution is 2.01. The van der Waals surface area contributed by atoms with Crippen molar-refractivity contribution < 1.29 is 9.32 Å². The number of rotatable bonds is 4. The summed E-state index contributed by atoms with van der Waals surface area (Å²) in [7, 11) is 0. The highest BCUT2D eigenvalue weighted by atomic mass is 16.5. The Hall–Kier alpha value is -2.11. The average molecular weight is 234 g/mol. The molecule has 0 fully saturated rings. The lowest BCUT2D eigenvalue weighted by Gasteiger charge is -2.05. The van der Waals surface area contributed by atoms with Gasteiger partial charge in [0.1, 0.15) is 11.6 Å². The summed E-state index contributed by atoms with van der Waals surface area (Å²) < 4.78 is 6.80. The van der Waals surface area contributed by atoms with Crippen LogP contribution in [0.3, 0.4) is 0 Å². The van der Waals surface area contributed by atoms with Crippen molar-refractivity contribution in [2.45, 2.75) is 20.4 Å². The molecule has 0 atom stereocenters. The maximum Gasteiger partial charge on any atom is 0.273 e. The zero-order valence-corrected chi connectivity index (χ0v) is 9.80. The Morgan fingerprint density at radius 1 is 1.53 bits per heavy atom. The van der Waals surface area contributed by atoms with E-state index >= 15 is 0 Å². The zero-order valence-electron chi connectivity index (χ0n) is 9.80. The second-order valence-electron chi connectivity index (χ2n) is 3.75.